The highest BCUT2D eigenvalue weighted by Crippen LogP contribution is 2.31. The van der Waals surface area contributed by atoms with Crippen molar-refractivity contribution in [3.8, 4) is 17.2 Å². The Morgan fingerprint density at radius 3 is 2.79 bits per heavy atom. The molecule has 1 fully saturated rings. The molecule has 29 heavy (non-hydrogen) atoms. The molecule has 1 saturated heterocycles. The van der Waals surface area contributed by atoms with Crippen molar-refractivity contribution in [1.29, 1.82) is 0 Å². The molecule has 8 nitrogen and oxygen atoms in total. The van der Waals surface area contributed by atoms with Crippen molar-refractivity contribution in [3.05, 3.63) is 60.0 Å². The van der Waals surface area contributed by atoms with Gasteiger partial charge in [-0.1, -0.05) is 18.2 Å². The second-order valence-electron chi connectivity index (χ2n) is 6.68. The summed E-state index contributed by atoms with van der Waals surface area (Å²) in [6.07, 6.45) is 0.519. The summed E-state index contributed by atoms with van der Waals surface area (Å²) in [5.41, 5.74) is 1.76. The average Bonchev–Trinajstić information content (AvgIpc) is 3.34. The lowest BCUT2D eigenvalue weighted by Crippen LogP contribution is -2.41. The van der Waals surface area contributed by atoms with Crippen molar-refractivity contribution in [2.24, 2.45) is 0 Å². The minimum absolute atomic E-state index is 0.161. The molecule has 4 rings (SSSR count). The third kappa shape index (κ3) is 3.69. The van der Waals surface area contributed by atoms with Gasteiger partial charge in [-0.15, -0.1) is 10.2 Å². The zero-order chi connectivity index (χ0) is 20.4. The Morgan fingerprint density at radius 2 is 2.03 bits per heavy atom. The summed E-state index contributed by atoms with van der Waals surface area (Å²) in [4.78, 5) is 27.2. The number of ether oxygens (including phenoxy) is 1. The number of rotatable bonds is 5. The van der Waals surface area contributed by atoms with Gasteiger partial charge < -0.3 is 19.4 Å². The fraction of sp³-hybridized carbons (Fsp3) is 0.238. The first-order chi connectivity index (χ1) is 14.1. The van der Waals surface area contributed by atoms with Crippen LogP contribution in [0.25, 0.3) is 11.5 Å². The van der Waals surface area contributed by atoms with E-state index in [1.807, 2.05) is 18.2 Å². The third-order valence-corrected chi connectivity index (χ3v) is 4.78. The van der Waals surface area contributed by atoms with Crippen molar-refractivity contribution in [2.45, 2.75) is 19.4 Å². The van der Waals surface area contributed by atoms with Gasteiger partial charge >= 0.3 is 0 Å². The predicted octanol–water partition coefficient (Wildman–Crippen LogP) is 2.59. The van der Waals surface area contributed by atoms with Gasteiger partial charge in [0.15, 0.2) is 0 Å². The number of nitrogens with one attached hydrogen (secondary N) is 1. The van der Waals surface area contributed by atoms with Crippen molar-refractivity contribution in [3.63, 3.8) is 0 Å². The van der Waals surface area contributed by atoms with E-state index in [1.165, 1.54) is 0 Å². The van der Waals surface area contributed by atoms with E-state index in [0.717, 1.165) is 0 Å². The van der Waals surface area contributed by atoms with Crippen LogP contribution in [-0.2, 0) is 4.79 Å². The number of hydrogen-bond donors (Lipinski definition) is 1. The molecule has 2 aromatic carbocycles. The third-order valence-electron chi connectivity index (χ3n) is 4.78. The lowest BCUT2D eigenvalue weighted by molar-refractivity contribution is -0.118. The van der Waals surface area contributed by atoms with Crippen LogP contribution in [0.1, 0.15) is 22.7 Å². The van der Waals surface area contributed by atoms with E-state index >= 15 is 0 Å². The van der Waals surface area contributed by atoms with Crippen LogP contribution in [0.15, 0.2) is 52.9 Å². The normalized spacial score (nSPS) is 16.1. The molecule has 1 aliphatic rings. The van der Waals surface area contributed by atoms with Gasteiger partial charge in [0.2, 0.25) is 17.7 Å². The maximum Gasteiger partial charge on any atom is 0.251 e. The summed E-state index contributed by atoms with van der Waals surface area (Å²) in [6.45, 7) is 2.21. The highest BCUT2D eigenvalue weighted by atomic mass is 16.5. The average molecular weight is 392 g/mol. The van der Waals surface area contributed by atoms with E-state index in [-0.39, 0.29) is 11.8 Å². The van der Waals surface area contributed by atoms with Gasteiger partial charge in [-0.25, -0.2) is 0 Å². The molecule has 8 heteroatoms. The zero-order valence-corrected chi connectivity index (χ0v) is 16.1. The number of aromatic nitrogens is 2. The lowest BCUT2D eigenvalue weighted by atomic mass is 10.1. The monoisotopic (exact) mass is 392 g/mol. The van der Waals surface area contributed by atoms with Gasteiger partial charge in [0.25, 0.3) is 5.91 Å². The number of nitrogens with zero attached hydrogens (tertiary/aromatic N) is 3. The number of amides is 2. The summed E-state index contributed by atoms with van der Waals surface area (Å²) in [5.74, 6) is 0.921. The van der Waals surface area contributed by atoms with Gasteiger partial charge in [0.05, 0.1) is 12.8 Å². The van der Waals surface area contributed by atoms with Crippen LogP contribution in [0, 0.1) is 6.92 Å². The largest absolute Gasteiger partial charge is 0.495 e. The summed E-state index contributed by atoms with van der Waals surface area (Å²) in [6, 6.07) is 13.6. The van der Waals surface area contributed by atoms with Crippen LogP contribution < -0.4 is 15.0 Å². The molecule has 0 bridgehead atoms. The van der Waals surface area contributed by atoms with E-state index in [0.29, 0.717) is 47.3 Å². The Labute approximate surface area is 167 Å². The van der Waals surface area contributed by atoms with Gasteiger partial charge in [0, 0.05) is 24.6 Å². The molecule has 0 saturated carbocycles. The van der Waals surface area contributed by atoms with Crippen molar-refractivity contribution in [2.75, 3.05) is 18.6 Å². The molecule has 1 aliphatic heterocycles. The molecule has 148 valence electrons. The first-order valence-electron chi connectivity index (χ1n) is 9.22. The number of aryl methyl sites for hydroxylation is 1. The maximum absolute atomic E-state index is 12.9. The fourth-order valence-corrected chi connectivity index (χ4v) is 3.35. The SMILES string of the molecule is COc1ccccc1N1CCC(NC(=O)c2cccc(-c3nnc(C)o3)c2)C1=O. The standard InChI is InChI=1S/C21H20N4O4/c1-13-23-24-20(29-13)15-7-5-6-14(12-15)19(26)22-16-10-11-25(21(16)27)17-8-3-4-9-18(17)28-2/h3-9,12,16H,10-11H2,1-2H3,(H,22,26). The molecule has 1 unspecified atom stereocenters. The molecular formula is C21H20N4O4. The highest BCUT2D eigenvalue weighted by Gasteiger charge is 2.35. The number of carbonyl (C=O) groups excluding carboxylic acids is 2. The Bertz CT molecular complexity index is 1060. The van der Waals surface area contributed by atoms with Crippen molar-refractivity contribution < 1.29 is 18.7 Å². The van der Waals surface area contributed by atoms with Gasteiger partial charge in [-0.3, -0.25) is 9.59 Å². The van der Waals surface area contributed by atoms with Crippen LogP contribution >= 0.6 is 0 Å². The minimum atomic E-state index is -0.596. The molecule has 1 atom stereocenters. The number of para-hydroxylation sites is 2. The van der Waals surface area contributed by atoms with E-state index < -0.39 is 6.04 Å². The predicted molar refractivity (Wildman–Crippen MR) is 106 cm³/mol. The molecule has 1 N–H and O–H groups in total. The first-order valence-corrected chi connectivity index (χ1v) is 9.22. The van der Waals surface area contributed by atoms with Crippen molar-refractivity contribution >= 4 is 17.5 Å². The number of carbonyl (C=O) groups is 2. The number of methoxy groups -OCH3 is 1. The second kappa shape index (κ2) is 7.75. The lowest BCUT2D eigenvalue weighted by Gasteiger charge is -2.19. The first kappa shape index (κ1) is 18.7. The summed E-state index contributed by atoms with van der Waals surface area (Å²) in [5, 5.41) is 10.6. The van der Waals surface area contributed by atoms with Gasteiger partial charge in [-0.05, 0) is 36.8 Å². The molecule has 0 spiro atoms. The quantitative estimate of drug-likeness (QED) is 0.717. The Balaban J connectivity index is 1.49. The van der Waals surface area contributed by atoms with Crippen LogP contribution in [-0.4, -0.2) is 41.7 Å². The summed E-state index contributed by atoms with van der Waals surface area (Å²) < 4.78 is 10.8. The molecule has 0 radical (unpaired) electrons. The van der Waals surface area contributed by atoms with Crippen molar-refractivity contribution in [1.82, 2.24) is 15.5 Å². The maximum atomic E-state index is 12.9. The zero-order valence-electron chi connectivity index (χ0n) is 16.1. The van der Waals surface area contributed by atoms with Crippen LogP contribution in [0.2, 0.25) is 0 Å². The topological polar surface area (TPSA) is 97.6 Å². The highest BCUT2D eigenvalue weighted by molar-refractivity contribution is 6.04. The Morgan fingerprint density at radius 1 is 1.21 bits per heavy atom. The van der Waals surface area contributed by atoms with E-state index in [4.69, 9.17) is 9.15 Å². The molecule has 3 aromatic rings. The number of anilines is 1. The molecule has 0 aliphatic carbocycles. The molecule has 2 amide bonds. The van der Waals surface area contributed by atoms with E-state index in [9.17, 15) is 9.59 Å². The fourth-order valence-electron chi connectivity index (χ4n) is 3.35. The van der Waals surface area contributed by atoms with E-state index in [2.05, 4.69) is 15.5 Å². The van der Waals surface area contributed by atoms with Gasteiger partial charge in [0.1, 0.15) is 11.8 Å². The van der Waals surface area contributed by atoms with Crippen LogP contribution in [0.4, 0.5) is 5.69 Å². The Kier molecular flexibility index (Phi) is 4.99. The second-order valence-corrected chi connectivity index (χ2v) is 6.68. The molecular weight excluding hydrogens is 372 g/mol. The van der Waals surface area contributed by atoms with Gasteiger partial charge in [-0.2, -0.15) is 0 Å². The molecule has 2 heterocycles. The van der Waals surface area contributed by atoms with Crippen LogP contribution in [0.3, 0.4) is 0 Å². The Hall–Kier alpha value is -3.68. The van der Waals surface area contributed by atoms with Crippen LogP contribution in [0.5, 0.6) is 5.75 Å². The molecule has 1 aromatic heterocycles. The minimum Gasteiger partial charge on any atom is -0.495 e. The van der Waals surface area contributed by atoms with E-state index in [1.54, 1.807) is 49.3 Å². The summed E-state index contributed by atoms with van der Waals surface area (Å²) in [7, 11) is 1.57. The number of benzene rings is 2. The smallest absolute Gasteiger partial charge is 0.251 e. The summed E-state index contributed by atoms with van der Waals surface area (Å²) >= 11 is 0. The number of hydrogen-bond acceptors (Lipinski definition) is 6.